The zero-order valence-electron chi connectivity index (χ0n) is 15.7. The Bertz CT molecular complexity index is 1040. The van der Waals surface area contributed by atoms with E-state index in [1.807, 2.05) is 6.92 Å². The van der Waals surface area contributed by atoms with E-state index < -0.39 is 26.8 Å². The molecule has 0 saturated carbocycles. The number of benzene rings is 2. The van der Waals surface area contributed by atoms with E-state index in [4.69, 9.17) is 11.6 Å². The number of carbonyl (C=O) groups excluding carboxylic acids is 1. The molecular formula is C19H20ClN3O5S. The number of hydrogen-bond acceptors (Lipinski definition) is 5. The number of rotatable bonds is 5. The van der Waals surface area contributed by atoms with E-state index in [1.165, 1.54) is 22.5 Å². The highest BCUT2D eigenvalue weighted by Gasteiger charge is 2.33. The fourth-order valence-electron chi connectivity index (χ4n) is 3.19. The lowest BCUT2D eigenvalue weighted by Gasteiger charge is -2.31. The van der Waals surface area contributed by atoms with Crippen molar-refractivity contribution in [1.82, 2.24) is 4.31 Å². The number of aryl methyl sites for hydroxylation is 1. The Labute approximate surface area is 173 Å². The van der Waals surface area contributed by atoms with E-state index in [0.717, 1.165) is 5.56 Å². The fraction of sp³-hybridized carbons (Fsp3) is 0.316. The van der Waals surface area contributed by atoms with Crippen LogP contribution in [0.5, 0.6) is 0 Å². The normalized spacial score (nSPS) is 17.7. The van der Waals surface area contributed by atoms with Crippen molar-refractivity contribution in [3.8, 4) is 0 Å². The lowest BCUT2D eigenvalue weighted by Crippen LogP contribution is -2.43. The monoisotopic (exact) mass is 437 g/mol. The number of nitrogens with zero attached hydrogens (tertiary/aromatic N) is 2. The predicted molar refractivity (Wildman–Crippen MR) is 109 cm³/mol. The van der Waals surface area contributed by atoms with Gasteiger partial charge in [0.25, 0.3) is 5.69 Å². The standard InChI is InChI=1S/C19H20ClN3O5S/c1-13-4-7-16(8-5-13)29(27,28)22-10-2-3-14(12-22)19(24)21-18-11-15(23(25)26)6-9-17(18)20/h4-9,11,14H,2-3,10,12H2,1H3,(H,21,24)/t14-/m1/s1. The maximum Gasteiger partial charge on any atom is 0.271 e. The van der Waals surface area contributed by atoms with Crippen molar-refractivity contribution in [2.24, 2.45) is 5.92 Å². The second kappa shape index (κ2) is 8.48. The number of hydrogen-bond donors (Lipinski definition) is 1. The van der Waals surface area contributed by atoms with E-state index in [2.05, 4.69) is 5.32 Å². The van der Waals surface area contributed by atoms with Crippen molar-refractivity contribution < 1.29 is 18.1 Å². The molecule has 1 saturated heterocycles. The molecule has 8 nitrogen and oxygen atoms in total. The van der Waals surface area contributed by atoms with E-state index in [1.54, 1.807) is 24.3 Å². The zero-order chi connectivity index (χ0) is 21.2. The second-order valence-electron chi connectivity index (χ2n) is 6.93. The van der Waals surface area contributed by atoms with Crippen LogP contribution in [0.4, 0.5) is 11.4 Å². The van der Waals surface area contributed by atoms with Gasteiger partial charge in [-0.25, -0.2) is 8.42 Å². The topological polar surface area (TPSA) is 110 Å². The van der Waals surface area contributed by atoms with E-state index in [9.17, 15) is 23.3 Å². The van der Waals surface area contributed by atoms with Crippen LogP contribution in [0, 0.1) is 23.0 Å². The van der Waals surface area contributed by atoms with Crippen molar-refractivity contribution in [3.05, 3.63) is 63.2 Å². The number of piperidine rings is 1. The van der Waals surface area contributed by atoms with Gasteiger partial charge in [0.2, 0.25) is 15.9 Å². The Kier molecular flexibility index (Phi) is 6.21. The molecule has 0 aromatic heterocycles. The summed E-state index contributed by atoms with van der Waals surface area (Å²) in [7, 11) is -3.71. The number of nitrogens with one attached hydrogen (secondary N) is 1. The number of amides is 1. The van der Waals surface area contributed by atoms with Crippen LogP contribution in [0.3, 0.4) is 0 Å². The molecule has 1 fully saturated rings. The minimum Gasteiger partial charge on any atom is -0.324 e. The molecule has 1 atom stereocenters. The summed E-state index contributed by atoms with van der Waals surface area (Å²) < 4.78 is 27.1. The molecule has 0 unspecified atom stereocenters. The molecule has 0 spiro atoms. The molecule has 1 N–H and O–H groups in total. The summed E-state index contributed by atoms with van der Waals surface area (Å²) in [5, 5.41) is 13.7. The number of nitro groups is 1. The predicted octanol–water partition coefficient (Wildman–Crippen LogP) is 3.60. The first-order valence-corrected chi connectivity index (χ1v) is 10.8. The average Bonchev–Trinajstić information content (AvgIpc) is 2.70. The Morgan fingerprint density at radius 2 is 1.93 bits per heavy atom. The van der Waals surface area contributed by atoms with Crippen LogP contribution in [0.15, 0.2) is 47.4 Å². The molecule has 2 aromatic carbocycles. The van der Waals surface area contributed by atoms with Gasteiger partial charge in [-0.2, -0.15) is 4.31 Å². The van der Waals surface area contributed by atoms with Gasteiger partial charge in [0, 0.05) is 25.2 Å². The van der Waals surface area contributed by atoms with E-state index >= 15 is 0 Å². The Balaban J connectivity index is 1.75. The first kappa shape index (κ1) is 21.2. The van der Waals surface area contributed by atoms with Crippen molar-refractivity contribution in [1.29, 1.82) is 0 Å². The van der Waals surface area contributed by atoms with Crippen molar-refractivity contribution in [2.45, 2.75) is 24.7 Å². The first-order valence-electron chi connectivity index (χ1n) is 9.00. The molecule has 0 aliphatic carbocycles. The molecule has 0 bridgehead atoms. The smallest absolute Gasteiger partial charge is 0.271 e. The summed E-state index contributed by atoms with van der Waals surface area (Å²) in [4.78, 5) is 23.2. The number of halogens is 1. The van der Waals surface area contributed by atoms with Crippen LogP contribution in [-0.4, -0.2) is 36.6 Å². The van der Waals surface area contributed by atoms with Gasteiger partial charge in [-0.05, 0) is 38.0 Å². The molecular weight excluding hydrogens is 418 g/mol. The third-order valence-corrected chi connectivity index (χ3v) is 7.04. The SMILES string of the molecule is Cc1ccc(S(=O)(=O)N2CCC[C@@H](C(=O)Nc3cc([N+](=O)[O-])ccc3Cl)C2)cc1. The molecule has 1 aliphatic heterocycles. The van der Waals surface area contributed by atoms with Crippen LogP contribution >= 0.6 is 11.6 Å². The average molecular weight is 438 g/mol. The lowest BCUT2D eigenvalue weighted by molar-refractivity contribution is -0.384. The van der Waals surface area contributed by atoms with Crippen molar-refractivity contribution >= 4 is 38.9 Å². The number of carbonyl (C=O) groups is 1. The van der Waals surface area contributed by atoms with Gasteiger partial charge in [-0.1, -0.05) is 29.3 Å². The van der Waals surface area contributed by atoms with Gasteiger partial charge in [0.15, 0.2) is 0 Å². The molecule has 1 heterocycles. The fourth-order valence-corrected chi connectivity index (χ4v) is 4.88. The number of anilines is 1. The summed E-state index contributed by atoms with van der Waals surface area (Å²) in [5.74, 6) is -1.00. The maximum absolute atomic E-state index is 12.9. The summed E-state index contributed by atoms with van der Waals surface area (Å²) in [6, 6.07) is 10.3. The molecule has 29 heavy (non-hydrogen) atoms. The number of non-ortho nitro benzene ring substituents is 1. The summed E-state index contributed by atoms with van der Waals surface area (Å²) in [6.07, 6.45) is 1.05. The Hall–Kier alpha value is -2.49. The molecule has 10 heteroatoms. The molecule has 0 radical (unpaired) electrons. The van der Waals surface area contributed by atoms with Crippen molar-refractivity contribution in [2.75, 3.05) is 18.4 Å². The van der Waals surface area contributed by atoms with Gasteiger partial charge in [0.05, 0.1) is 26.4 Å². The van der Waals surface area contributed by atoms with Gasteiger partial charge >= 0.3 is 0 Å². The minimum atomic E-state index is -3.71. The van der Waals surface area contributed by atoms with Gasteiger partial charge in [0.1, 0.15) is 0 Å². The quantitative estimate of drug-likeness (QED) is 0.567. The molecule has 2 aromatic rings. The van der Waals surface area contributed by atoms with Crippen LogP contribution in [0.1, 0.15) is 18.4 Å². The van der Waals surface area contributed by atoms with Gasteiger partial charge in [-0.15, -0.1) is 0 Å². The number of nitro benzene ring substituents is 1. The molecule has 3 rings (SSSR count). The minimum absolute atomic E-state index is 0.0363. The third kappa shape index (κ3) is 4.75. The van der Waals surface area contributed by atoms with E-state index in [-0.39, 0.29) is 27.8 Å². The summed E-state index contributed by atoms with van der Waals surface area (Å²) in [6.45, 7) is 2.24. The van der Waals surface area contributed by atoms with Crippen LogP contribution < -0.4 is 5.32 Å². The van der Waals surface area contributed by atoms with E-state index in [0.29, 0.717) is 19.4 Å². The first-order chi connectivity index (χ1) is 13.7. The molecule has 1 aliphatic rings. The maximum atomic E-state index is 12.9. The van der Waals surface area contributed by atoms with Gasteiger partial charge in [-0.3, -0.25) is 14.9 Å². The lowest BCUT2D eigenvalue weighted by atomic mass is 9.98. The Morgan fingerprint density at radius 1 is 1.24 bits per heavy atom. The number of sulfonamides is 1. The third-order valence-electron chi connectivity index (χ3n) is 4.83. The second-order valence-corrected chi connectivity index (χ2v) is 9.27. The van der Waals surface area contributed by atoms with Crippen LogP contribution in [0.2, 0.25) is 5.02 Å². The highest BCUT2D eigenvalue weighted by Crippen LogP contribution is 2.29. The highest BCUT2D eigenvalue weighted by atomic mass is 35.5. The zero-order valence-corrected chi connectivity index (χ0v) is 17.2. The van der Waals surface area contributed by atoms with Gasteiger partial charge < -0.3 is 5.32 Å². The summed E-state index contributed by atoms with van der Waals surface area (Å²) in [5.41, 5.74) is 0.884. The largest absolute Gasteiger partial charge is 0.324 e. The molecule has 154 valence electrons. The summed E-state index contributed by atoms with van der Waals surface area (Å²) >= 11 is 6.03. The Morgan fingerprint density at radius 3 is 2.59 bits per heavy atom. The van der Waals surface area contributed by atoms with Crippen LogP contribution in [-0.2, 0) is 14.8 Å². The highest BCUT2D eigenvalue weighted by molar-refractivity contribution is 7.89. The molecule has 1 amide bonds. The van der Waals surface area contributed by atoms with Crippen molar-refractivity contribution in [3.63, 3.8) is 0 Å². The van der Waals surface area contributed by atoms with Crippen LogP contribution in [0.25, 0.3) is 0 Å².